The predicted molar refractivity (Wildman–Crippen MR) is 102 cm³/mol. The van der Waals surface area contributed by atoms with Crippen molar-refractivity contribution in [2.75, 3.05) is 5.32 Å². The van der Waals surface area contributed by atoms with Crippen molar-refractivity contribution in [3.63, 3.8) is 0 Å². The zero-order valence-corrected chi connectivity index (χ0v) is 15.8. The standard InChI is InChI=1S/C18H15F3N2S.BrH/c1-2-12-6-8-13(9-7-12)16-11-24-17(23-16)22-15-5-3-4-14(10-15)18(19,20)21;/h3-11H,2H2,1H3,(H,22,23);1H. The van der Waals surface area contributed by atoms with Crippen LogP contribution in [0.5, 0.6) is 0 Å². The van der Waals surface area contributed by atoms with E-state index in [9.17, 15) is 13.2 Å². The molecule has 0 fully saturated rings. The number of aromatic nitrogens is 1. The molecular formula is C18H16BrF3N2S. The lowest BCUT2D eigenvalue weighted by Crippen LogP contribution is -2.05. The van der Waals surface area contributed by atoms with Gasteiger partial charge in [-0.3, -0.25) is 0 Å². The van der Waals surface area contributed by atoms with Gasteiger partial charge < -0.3 is 5.32 Å². The predicted octanol–water partition coefficient (Wildman–Crippen LogP) is 6.71. The fourth-order valence-corrected chi connectivity index (χ4v) is 3.01. The zero-order chi connectivity index (χ0) is 17.2. The van der Waals surface area contributed by atoms with Crippen molar-refractivity contribution in [1.29, 1.82) is 0 Å². The second-order valence-corrected chi connectivity index (χ2v) is 6.15. The lowest BCUT2D eigenvalue weighted by molar-refractivity contribution is -0.137. The monoisotopic (exact) mass is 428 g/mol. The molecule has 0 aliphatic heterocycles. The van der Waals surface area contributed by atoms with Crippen LogP contribution in [0, 0.1) is 0 Å². The Labute approximate surface area is 158 Å². The smallest absolute Gasteiger partial charge is 0.332 e. The van der Waals surface area contributed by atoms with E-state index in [1.807, 2.05) is 17.5 Å². The molecule has 3 aromatic rings. The molecule has 0 aliphatic rings. The van der Waals surface area contributed by atoms with E-state index in [2.05, 4.69) is 29.4 Å². The van der Waals surface area contributed by atoms with Gasteiger partial charge in [-0.15, -0.1) is 28.3 Å². The summed E-state index contributed by atoms with van der Waals surface area (Å²) in [4.78, 5) is 4.45. The molecule has 0 amide bonds. The minimum atomic E-state index is -4.35. The van der Waals surface area contributed by atoms with E-state index < -0.39 is 11.7 Å². The van der Waals surface area contributed by atoms with Crippen molar-refractivity contribution >= 4 is 39.1 Å². The largest absolute Gasteiger partial charge is 0.416 e. The lowest BCUT2D eigenvalue weighted by atomic mass is 10.1. The van der Waals surface area contributed by atoms with E-state index >= 15 is 0 Å². The molecule has 2 aromatic carbocycles. The molecule has 0 spiro atoms. The lowest BCUT2D eigenvalue weighted by Gasteiger charge is -2.08. The van der Waals surface area contributed by atoms with Crippen molar-refractivity contribution in [2.24, 2.45) is 0 Å². The molecule has 0 unspecified atom stereocenters. The van der Waals surface area contributed by atoms with Gasteiger partial charge in [-0.1, -0.05) is 37.3 Å². The summed E-state index contributed by atoms with van der Waals surface area (Å²) in [6.07, 6.45) is -3.38. The molecule has 3 rings (SSSR count). The molecule has 132 valence electrons. The first-order valence-corrected chi connectivity index (χ1v) is 8.33. The number of nitrogens with zero attached hydrogens (tertiary/aromatic N) is 1. The Morgan fingerprint density at radius 2 is 1.80 bits per heavy atom. The maximum absolute atomic E-state index is 12.8. The summed E-state index contributed by atoms with van der Waals surface area (Å²) in [7, 11) is 0. The average molecular weight is 429 g/mol. The number of benzene rings is 2. The van der Waals surface area contributed by atoms with Gasteiger partial charge in [-0.25, -0.2) is 4.98 Å². The molecule has 0 aliphatic carbocycles. The highest BCUT2D eigenvalue weighted by Gasteiger charge is 2.30. The van der Waals surface area contributed by atoms with E-state index in [1.54, 1.807) is 6.07 Å². The first-order valence-electron chi connectivity index (χ1n) is 7.45. The van der Waals surface area contributed by atoms with Crippen LogP contribution in [0.15, 0.2) is 53.9 Å². The molecular weight excluding hydrogens is 413 g/mol. The van der Waals surface area contributed by atoms with Gasteiger partial charge in [-0.05, 0) is 30.2 Å². The third-order valence-electron chi connectivity index (χ3n) is 3.60. The third kappa shape index (κ3) is 4.83. The molecule has 1 aromatic heterocycles. The van der Waals surface area contributed by atoms with Crippen molar-refractivity contribution in [2.45, 2.75) is 19.5 Å². The van der Waals surface area contributed by atoms with Crippen LogP contribution < -0.4 is 5.32 Å². The van der Waals surface area contributed by atoms with Gasteiger partial charge in [-0.2, -0.15) is 13.2 Å². The Bertz CT molecular complexity index is 829. The topological polar surface area (TPSA) is 24.9 Å². The summed E-state index contributed by atoms with van der Waals surface area (Å²) in [5, 5.41) is 5.38. The van der Waals surface area contributed by atoms with Gasteiger partial charge in [0.05, 0.1) is 11.3 Å². The highest BCUT2D eigenvalue weighted by Crippen LogP contribution is 2.32. The number of anilines is 2. The minimum absolute atomic E-state index is 0. The number of hydrogen-bond donors (Lipinski definition) is 1. The van der Waals surface area contributed by atoms with Crippen LogP contribution in [0.1, 0.15) is 18.1 Å². The molecule has 25 heavy (non-hydrogen) atoms. The third-order valence-corrected chi connectivity index (χ3v) is 4.36. The van der Waals surface area contributed by atoms with Crippen molar-refractivity contribution in [3.05, 3.63) is 65.0 Å². The summed E-state index contributed by atoms with van der Waals surface area (Å²) in [6.45, 7) is 2.09. The Balaban J connectivity index is 0.00000225. The number of aryl methyl sites for hydroxylation is 1. The Kier molecular flexibility index (Phi) is 6.24. The quantitative estimate of drug-likeness (QED) is 0.499. The van der Waals surface area contributed by atoms with E-state index in [4.69, 9.17) is 0 Å². The minimum Gasteiger partial charge on any atom is -0.332 e. The number of nitrogens with one attached hydrogen (secondary N) is 1. The van der Waals surface area contributed by atoms with Crippen LogP contribution in [0.2, 0.25) is 0 Å². The van der Waals surface area contributed by atoms with E-state index in [1.165, 1.54) is 23.0 Å². The van der Waals surface area contributed by atoms with Crippen LogP contribution in [0.4, 0.5) is 24.0 Å². The van der Waals surface area contributed by atoms with Crippen molar-refractivity contribution < 1.29 is 13.2 Å². The van der Waals surface area contributed by atoms with Crippen LogP contribution in [-0.4, -0.2) is 4.98 Å². The highest BCUT2D eigenvalue weighted by atomic mass is 79.9. The number of rotatable bonds is 4. The molecule has 1 heterocycles. The molecule has 2 nitrogen and oxygen atoms in total. The molecule has 0 radical (unpaired) electrons. The number of halogens is 4. The van der Waals surface area contributed by atoms with Gasteiger partial charge in [0.2, 0.25) is 0 Å². The molecule has 0 saturated carbocycles. The second-order valence-electron chi connectivity index (χ2n) is 5.29. The van der Waals surface area contributed by atoms with Crippen LogP contribution in [0.3, 0.4) is 0 Å². The van der Waals surface area contributed by atoms with Crippen LogP contribution in [-0.2, 0) is 12.6 Å². The number of thiazole rings is 1. The van der Waals surface area contributed by atoms with Gasteiger partial charge in [0.25, 0.3) is 0 Å². The summed E-state index contributed by atoms with van der Waals surface area (Å²) in [5.41, 5.74) is 2.72. The number of hydrogen-bond acceptors (Lipinski definition) is 3. The molecule has 0 bridgehead atoms. The first kappa shape index (κ1) is 19.5. The molecule has 1 N–H and O–H groups in total. The second kappa shape index (κ2) is 8.01. The Morgan fingerprint density at radius 1 is 1.08 bits per heavy atom. The summed E-state index contributed by atoms with van der Waals surface area (Å²) in [5.74, 6) is 0. The molecule has 7 heteroatoms. The highest BCUT2D eigenvalue weighted by molar-refractivity contribution is 8.93. The Hall–Kier alpha value is -1.86. The van der Waals surface area contributed by atoms with Crippen molar-refractivity contribution in [3.8, 4) is 11.3 Å². The molecule has 0 atom stereocenters. The maximum Gasteiger partial charge on any atom is 0.416 e. The fourth-order valence-electron chi connectivity index (χ4n) is 2.27. The Morgan fingerprint density at radius 3 is 2.44 bits per heavy atom. The van der Waals surface area contributed by atoms with Gasteiger partial charge in [0.1, 0.15) is 0 Å². The SMILES string of the molecule is Br.CCc1ccc(-c2csc(Nc3cccc(C(F)(F)F)c3)n2)cc1. The van der Waals surface area contributed by atoms with Crippen molar-refractivity contribution in [1.82, 2.24) is 4.98 Å². The fraction of sp³-hybridized carbons (Fsp3) is 0.167. The summed E-state index contributed by atoms with van der Waals surface area (Å²) < 4.78 is 38.3. The van der Waals surface area contributed by atoms with Crippen LogP contribution >= 0.6 is 28.3 Å². The summed E-state index contributed by atoms with van der Waals surface area (Å²) >= 11 is 1.36. The van der Waals surface area contributed by atoms with E-state index in [0.717, 1.165) is 29.8 Å². The normalized spacial score (nSPS) is 11.0. The molecule has 0 saturated heterocycles. The number of alkyl halides is 3. The van der Waals surface area contributed by atoms with E-state index in [0.29, 0.717) is 10.8 Å². The van der Waals surface area contributed by atoms with E-state index in [-0.39, 0.29) is 17.0 Å². The van der Waals surface area contributed by atoms with Crippen LogP contribution in [0.25, 0.3) is 11.3 Å². The summed E-state index contributed by atoms with van der Waals surface area (Å²) in [6, 6.07) is 13.2. The zero-order valence-electron chi connectivity index (χ0n) is 13.3. The van der Waals surface area contributed by atoms with Gasteiger partial charge >= 0.3 is 6.18 Å². The maximum atomic E-state index is 12.8. The van der Waals surface area contributed by atoms with Gasteiger partial charge in [0.15, 0.2) is 5.13 Å². The average Bonchev–Trinajstić information content (AvgIpc) is 3.03. The van der Waals surface area contributed by atoms with Gasteiger partial charge in [0, 0.05) is 16.6 Å². The first-order chi connectivity index (χ1) is 11.5.